The Labute approximate surface area is 204 Å². The van der Waals surface area contributed by atoms with Crippen LogP contribution in [0.25, 0.3) is 0 Å². The van der Waals surface area contributed by atoms with E-state index in [9.17, 15) is 0 Å². The average Bonchev–Trinajstić information content (AvgIpc) is 2.85. The van der Waals surface area contributed by atoms with E-state index >= 15 is 4.39 Å². The summed E-state index contributed by atoms with van der Waals surface area (Å²) in [6, 6.07) is 4.28. The Morgan fingerprint density at radius 2 is 1.24 bits per heavy atom. The molecule has 0 atom stereocenters. The summed E-state index contributed by atoms with van der Waals surface area (Å²) in [7, 11) is 1.65. The third-order valence-electron chi connectivity index (χ3n) is 8.92. The maximum Gasteiger partial charge on any atom is 0.168 e. The molecule has 0 bridgehead atoms. The van der Waals surface area contributed by atoms with Gasteiger partial charge in [-0.05, 0) is 67.8 Å². The van der Waals surface area contributed by atoms with Crippen molar-refractivity contribution in [2.75, 3.05) is 7.11 Å². The van der Waals surface area contributed by atoms with Gasteiger partial charge in [0.2, 0.25) is 0 Å². The van der Waals surface area contributed by atoms with Gasteiger partial charge in [-0.1, -0.05) is 103 Å². The number of aryl methyl sites for hydroxylation is 1. The molecule has 0 radical (unpaired) electrons. The van der Waals surface area contributed by atoms with Gasteiger partial charge in [0, 0.05) is 5.56 Å². The van der Waals surface area contributed by atoms with Crippen molar-refractivity contribution < 1.29 is 9.13 Å². The van der Waals surface area contributed by atoms with E-state index in [1.54, 1.807) is 7.11 Å². The Hall–Kier alpha value is -1.05. The Morgan fingerprint density at radius 3 is 1.76 bits per heavy atom. The van der Waals surface area contributed by atoms with Gasteiger partial charge in [0.05, 0.1) is 7.11 Å². The number of methoxy groups -OCH3 is 1. The molecule has 2 heteroatoms. The van der Waals surface area contributed by atoms with Crippen LogP contribution in [0.4, 0.5) is 4.39 Å². The summed E-state index contributed by atoms with van der Waals surface area (Å²) in [5.41, 5.74) is 1.99. The molecule has 0 aromatic heterocycles. The number of rotatable bonds is 13. The van der Waals surface area contributed by atoms with Crippen LogP contribution in [0.2, 0.25) is 0 Å². The SMILES string of the molecule is CCCCCC1CCC(CCc2ccc(C3CCC(CCCCC)CC3)c(OC)c2F)CC1. The van der Waals surface area contributed by atoms with Crippen molar-refractivity contribution in [2.24, 2.45) is 17.8 Å². The molecule has 33 heavy (non-hydrogen) atoms. The summed E-state index contributed by atoms with van der Waals surface area (Å²) in [6.07, 6.45) is 23.4. The van der Waals surface area contributed by atoms with Gasteiger partial charge >= 0.3 is 0 Å². The van der Waals surface area contributed by atoms with Gasteiger partial charge in [-0.2, -0.15) is 0 Å². The smallest absolute Gasteiger partial charge is 0.168 e. The first-order valence-electron chi connectivity index (χ1n) is 14.5. The molecule has 1 aromatic rings. The van der Waals surface area contributed by atoms with Crippen molar-refractivity contribution in [1.29, 1.82) is 0 Å². The molecule has 1 nitrogen and oxygen atoms in total. The highest BCUT2D eigenvalue weighted by atomic mass is 19.1. The molecule has 2 aliphatic carbocycles. The van der Waals surface area contributed by atoms with Crippen LogP contribution in [0, 0.1) is 23.6 Å². The van der Waals surface area contributed by atoms with Gasteiger partial charge in [-0.15, -0.1) is 0 Å². The maximum atomic E-state index is 15.4. The van der Waals surface area contributed by atoms with Crippen molar-refractivity contribution in [3.8, 4) is 5.75 Å². The van der Waals surface area contributed by atoms with Crippen LogP contribution >= 0.6 is 0 Å². The number of hydrogen-bond donors (Lipinski definition) is 0. The van der Waals surface area contributed by atoms with E-state index in [1.165, 1.54) is 103 Å². The molecule has 2 aliphatic rings. The van der Waals surface area contributed by atoms with Gasteiger partial charge in [0.15, 0.2) is 11.6 Å². The lowest BCUT2D eigenvalue weighted by Crippen LogP contribution is -2.16. The van der Waals surface area contributed by atoms with Gasteiger partial charge in [0.25, 0.3) is 0 Å². The number of ether oxygens (including phenoxy) is 1. The minimum atomic E-state index is -0.0756. The van der Waals surface area contributed by atoms with Gasteiger partial charge in [-0.3, -0.25) is 0 Å². The molecule has 2 fully saturated rings. The highest BCUT2D eigenvalue weighted by molar-refractivity contribution is 5.42. The molecule has 0 aliphatic heterocycles. The third-order valence-corrected chi connectivity index (χ3v) is 8.92. The molecular weight excluding hydrogens is 407 g/mol. The molecule has 0 spiro atoms. The molecular formula is C31H51FO. The second-order valence-electron chi connectivity index (χ2n) is 11.3. The molecule has 1 aromatic carbocycles. The van der Waals surface area contributed by atoms with E-state index in [4.69, 9.17) is 4.74 Å². The maximum absolute atomic E-state index is 15.4. The zero-order chi connectivity index (χ0) is 23.5. The predicted octanol–water partition coefficient (Wildman–Crippen LogP) is 10.0. The number of unbranched alkanes of at least 4 members (excludes halogenated alkanes) is 4. The first kappa shape index (κ1) is 26.6. The number of benzene rings is 1. The average molecular weight is 459 g/mol. The molecule has 0 N–H and O–H groups in total. The summed E-state index contributed by atoms with van der Waals surface area (Å²) >= 11 is 0. The predicted molar refractivity (Wildman–Crippen MR) is 140 cm³/mol. The third kappa shape index (κ3) is 8.00. The summed E-state index contributed by atoms with van der Waals surface area (Å²) in [6.45, 7) is 4.57. The van der Waals surface area contributed by atoms with E-state index in [0.717, 1.165) is 41.7 Å². The van der Waals surface area contributed by atoms with Crippen molar-refractivity contribution in [1.82, 2.24) is 0 Å². The second-order valence-corrected chi connectivity index (χ2v) is 11.3. The Balaban J connectivity index is 1.48. The highest BCUT2D eigenvalue weighted by Gasteiger charge is 2.27. The number of hydrogen-bond acceptors (Lipinski definition) is 1. The zero-order valence-electron chi connectivity index (χ0n) is 22.0. The monoisotopic (exact) mass is 458 g/mol. The van der Waals surface area contributed by atoms with Crippen molar-refractivity contribution >= 4 is 0 Å². The Bertz CT molecular complexity index is 668. The van der Waals surface area contributed by atoms with Crippen LogP contribution < -0.4 is 4.74 Å². The van der Waals surface area contributed by atoms with Crippen molar-refractivity contribution in [3.05, 3.63) is 29.1 Å². The van der Waals surface area contributed by atoms with E-state index in [1.807, 2.05) is 0 Å². The molecule has 3 rings (SSSR count). The van der Waals surface area contributed by atoms with Crippen LogP contribution in [0.15, 0.2) is 12.1 Å². The Morgan fingerprint density at radius 1 is 0.727 bits per heavy atom. The zero-order valence-corrected chi connectivity index (χ0v) is 22.0. The summed E-state index contributed by atoms with van der Waals surface area (Å²) in [5, 5.41) is 0. The topological polar surface area (TPSA) is 9.23 Å². The van der Waals surface area contributed by atoms with E-state index in [-0.39, 0.29) is 5.82 Å². The minimum Gasteiger partial charge on any atom is -0.493 e. The molecule has 188 valence electrons. The van der Waals surface area contributed by atoms with Crippen LogP contribution in [-0.2, 0) is 6.42 Å². The van der Waals surface area contributed by atoms with Gasteiger partial charge < -0.3 is 4.74 Å². The molecule has 0 heterocycles. The van der Waals surface area contributed by atoms with E-state index in [0.29, 0.717) is 11.7 Å². The van der Waals surface area contributed by atoms with Crippen LogP contribution in [0.1, 0.15) is 140 Å². The fourth-order valence-corrected chi connectivity index (χ4v) is 6.63. The summed E-state index contributed by atoms with van der Waals surface area (Å²) < 4.78 is 21.1. The second kappa shape index (κ2) is 14.4. The normalized spacial score (nSPS) is 25.8. The van der Waals surface area contributed by atoms with E-state index < -0.39 is 0 Å². The lowest BCUT2D eigenvalue weighted by Gasteiger charge is -2.30. The summed E-state index contributed by atoms with van der Waals surface area (Å²) in [5.74, 6) is 3.54. The van der Waals surface area contributed by atoms with Crippen LogP contribution in [-0.4, -0.2) is 7.11 Å². The summed E-state index contributed by atoms with van der Waals surface area (Å²) in [4.78, 5) is 0. The lowest BCUT2D eigenvalue weighted by molar-refractivity contribution is 0.248. The largest absolute Gasteiger partial charge is 0.493 e. The first-order chi connectivity index (χ1) is 16.2. The lowest BCUT2D eigenvalue weighted by atomic mass is 9.76. The van der Waals surface area contributed by atoms with Crippen molar-refractivity contribution in [2.45, 2.75) is 135 Å². The van der Waals surface area contributed by atoms with Gasteiger partial charge in [0.1, 0.15) is 0 Å². The van der Waals surface area contributed by atoms with Crippen LogP contribution in [0.5, 0.6) is 5.75 Å². The van der Waals surface area contributed by atoms with Crippen LogP contribution in [0.3, 0.4) is 0 Å². The molecule has 0 unspecified atom stereocenters. The molecule has 2 saturated carbocycles. The fraction of sp³-hybridized carbons (Fsp3) is 0.806. The Kier molecular flexibility index (Phi) is 11.6. The van der Waals surface area contributed by atoms with E-state index in [2.05, 4.69) is 26.0 Å². The van der Waals surface area contributed by atoms with Gasteiger partial charge in [-0.25, -0.2) is 4.39 Å². The number of halogens is 1. The standard InChI is InChI=1S/C31H51FO/c1-4-6-8-10-24-12-14-26(15-13-24)18-21-28-22-23-29(31(33-3)30(28)32)27-19-16-25(17-20-27)11-9-7-5-2/h22-27H,4-21H2,1-3H3. The minimum absolute atomic E-state index is 0.0756. The van der Waals surface area contributed by atoms with Crippen molar-refractivity contribution in [3.63, 3.8) is 0 Å². The first-order valence-corrected chi connectivity index (χ1v) is 14.5. The highest BCUT2D eigenvalue weighted by Crippen LogP contribution is 2.43. The fourth-order valence-electron chi connectivity index (χ4n) is 6.63. The quantitative estimate of drug-likeness (QED) is 0.267. The molecule has 0 amide bonds. The molecule has 0 saturated heterocycles.